The van der Waals surface area contributed by atoms with Gasteiger partial charge in [-0.3, -0.25) is 4.40 Å². The quantitative estimate of drug-likeness (QED) is 0.248. The average Bonchev–Trinajstić information content (AvgIpc) is 3.09. The SMILES string of the molecule is CCNC(=NCc1cc(Cl)cc(Cl)c1OC(F)F)NCc1nnc2ccccn12.I. The molecule has 0 aliphatic rings. The summed E-state index contributed by atoms with van der Waals surface area (Å²) in [4.78, 5) is 4.41. The van der Waals surface area contributed by atoms with Crippen molar-refractivity contribution in [3.05, 3.63) is 58.0 Å². The van der Waals surface area contributed by atoms with Crippen molar-refractivity contribution in [2.45, 2.75) is 26.6 Å². The summed E-state index contributed by atoms with van der Waals surface area (Å²) < 4.78 is 31.8. The molecule has 2 N–H and O–H groups in total. The number of hydrogen-bond donors (Lipinski definition) is 2. The number of fused-ring (bicyclic) bond motifs is 1. The molecule has 162 valence electrons. The van der Waals surface area contributed by atoms with E-state index >= 15 is 0 Å². The second kappa shape index (κ2) is 11.5. The zero-order valence-electron chi connectivity index (χ0n) is 15.8. The molecule has 0 saturated carbocycles. The lowest BCUT2D eigenvalue weighted by Gasteiger charge is -2.14. The van der Waals surface area contributed by atoms with Crippen LogP contribution in [0.1, 0.15) is 18.3 Å². The fraction of sp³-hybridized carbons (Fsp3) is 0.278. The van der Waals surface area contributed by atoms with Crippen molar-refractivity contribution < 1.29 is 13.5 Å². The Morgan fingerprint density at radius 1 is 1.23 bits per heavy atom. The van der Waals surface area contributed by atoms with Gasteiger partial charge in [-0.2, -0.15) is 8.78 Å². The second-order valence-electron chi connectivity index (χ2n) is 5.85. The van der Waals surface area contributed by atoms with Crippen LogP contribution in [0.25, 0.3) is 5.65 Å². The highest BCUT2D eigenvalue weighted by molar-refractivity contribution is 14.0. The molecule has 0 atom stereocenters. The molecule has 3 rings (SSSR count). The Hall–Kier alpha value is -1.92. The molecule has 0 aliphatic heterocycles. The fourth-order valence-corrected chi connectivity index (χ4v) is 3.21. The molecule has 3 aromatic rings. The summed E-state index contributed by atoms with van der Waals surface area (Å²) >= 11 is 12.0. The molecule has 0 bridgehead atoms. The summed E-state index contributed by atoms with van der Waals surface area (Å²) in [5.41, 5.74) is 1.07. The van der Waals surface area contributed by atoms with Crippen LogP contribution in [0.4, 0.5) is 8.78 Å². The van der Waals surface area contributed by atoms with E-state index in [0.717, 1.165) is 5.65 Å². The van der Waals surface area contributed by atoms with E-state index < -0.39 is 6.61 Å². The van der Waals surface area contributed by atoms with Crippen LogP contribution >= 0.6 is 47.2 Å². The lowest BCUT2D eigenvalue weighted by atomic mass is 10.2. The van der Waals surface area contributed by atoms with Gasteiger partial charge in [0.25, 0.3) is 0 Å². The number of aromatic nitrogens is 3. The predicted molar refractivity (Wildman–Crippen MR) is 123 cm³/mol. The van der Waals surface area contributed by atoms with Crippen molar-refractivity contribution in [3.8, 4) is 5.75 Å². The number of nitrogens with zero attached hydrogens (tertiary/aromatic N) is 4. The summed E-state index contributed by atoms with van der Waals surface area (Å²) in [6.45, 7) is -0.121. The number of nitrogens with one attached hydrogen (secondary N) is 2. The highest BCUT2D eigenvalue weighted by Gasteiger charge is 2.15. The van der Waals surface area contributed by atoms with Crippen LogP contribution in [0.2, 0.25) is 10.0 Å². The minimum Gasteiger partial charge on any atom is -0.433 e. The van der Waals surface area contributed by atoms with Gasteiger partial charge in [0.2, 0.25) is 0 Å². The van der Waals surface area contributed by atoms with Gasteiger partial charge in [0.15, 0.2) is 17.4 Å². The molecule has 0 fully saturated rings. The maximum absolute atomic E-state index is 12.7. The Morgan fingerprint density at radius 2 is 2.03 bits per heavy atom. The van der Waals surface area contributed by atoms with Gasteiger partial charge in [-0.05, 0) is 31.2 Å². The Morgan fingerprint density at radius 3 is 2.77 bits per heavy atom. The molecule has 0 spiro atoms. The first kappa shape index (κ1) is 24.4. The molecule has 0 unspecified atom stereocenters. The molecule has 12 heteroatoms. The lowest BCUT2D eigenvalue weighted by molar-refractivity contribution is -0.0503. The molecule has 1 aromatic carbocycles. The van der Waals surface area contributed by atoms with Crippen LogP contribution in [0.15, 0.2) is 41.5 Å². The largest absolute Gasteiger partial charge is 0.433 e. The van der Waals surface area contributed by atoms with E-state index in [1.807, 2.05) is 35.7 Å². The second-order valence-corrected chi connectivity index (χ2v) is 6.69. The van der Waals surface area contributed by atoms with Crippen LogP contribution in [-0.2, 0) is 13.1 Å². The van der Waals surface area contributed by atoms with E-state index in [0.29, 0.717) is 35.5 Å². The summed E-state index contributed by atoms with van der Waals surface area (Å²) in [6, 6.07) is 8.44. The van der Waals surface area contributed by atoms with Crippen molar-refractivity contribution in [3.63, 3.8) is 0 Å². The highest BCUT2D eigenvalue weighted by Crippen LogP contribution is 2.34. The zero-order chi connectivity index (χ0) is 20.8. The van der Waals surface area contributed by atoms with E-state index in [1.54, 1.807) is 0 Å². The van der Waals surface area contributed by atoms with Crippen LogP contribution in [-0.4, -0.2) is 33.7 Å². The third-order valence-corrected chi connectivity index (χ3v) is 4.34. The highest BCUT2D eigenvalue weighted by atomic mass is 127. The topological polar surface area (TPSA) is 75.8 Å². The van der Waals surface area contributed by atoms with E-state index in [4.69, 9.17) is 23.2 Å². The smallest absolute Gasteiger partial charge is 0.387 e. The molecule has 0 saturated heterocycles. The molecule has 0 amide bonds. The summed E-state index contributed by atoms with van der Waals surface area (Å²) in [7, 11) is 0. The van der Waals surface area contributed by atoms with Crippen LogP contribution in [0, 0.1) is 0 Å². The number of aliphatic imine (C=N–C) groups is 1. The molecule has 0 radical (unpaired) electrons. The van der Waals surface area contributed by atoms with Gasteiger partial charge in [0.1, 0.15) is 5.75 Å². The van der Waals surface area contributed by atoms with Gasteiger partial charge in [-0.1, -0.05) is 29.3 Å². The zero-order valence-corrected chi connectivity index (χ0v) is 19.6. The van der Waals surface area contributed by atoms with Gasteiger partial charge in [-0.15, -0.1) is 34.2 Å². The van der Waals surface area contributed by atoms with E-state index in [9.17, 15) is 8.78 Å². The van der Waals surface area contributed by atoms with Crippen molar-refractivity contribution in [2.24, 2.45) is 4.99 Å². The van der Waals surface area contributed by atoms with Gasteiger partial charge in [0, 0.05) is 23.3 Å². The maximum atomic E-state index is 12.7. The number of rotatable bonds is 7. The number of benzene rings is 1. The first-order valence-electron chi connectivity index (χ1n) is 8.71. The van der Waals surface area contributed by atoms with Crippen LogP contribution < -0.4 is 15.4 Å². The van der Waals surface area contributed by atoms with E-state index in [1.165, 1.54) is 12.1 Å². The maximum Gasteiger partial charge on any atom is 0.387 e. The number of hydrogen-bond acceptors (Lipinski definition) is 4. The van der Waals surface area contributed by atoms with Crippen molar-refractivity contribution in [1.29, 1.82) is 0 Å². The molecular formula is C18H19Cl2F2IN6O. The summed E-state index contributed by atoms with van der Waals surface area (Å²) in [6.07, 6.45) is 1.86. The van der Waals surface area contributed by atoms with Crippen molar-refractivity contribution in [1.82, 2.24) is 25.2 Å². The third kappa shape index (κ3) is 6.29. The number of guanidine groups is 1. The standard InChI is InChI=1S/C18H18Cl2F2N6O.HI/c1-2-23-18(25-10-15-27-26-14-5-3-4-6-28(14)15)24-9-11-7-12(19)8-13(20)16(11)29-17(21)22;/h3-8,17H,2,9-10H2,1H3,(H2,23,24,25);1H. The van der Waals surface area contributed by atoms with E-state index in [-0.39, 0.29) is 41.3 Å². The van der Waals surface area contributed by atoms with Gasteiger partial charge < -0.3 is 15.4 Å². The van der Waals surface area contributed by atoms with Crippen molar-refractivity contribution >= 4 is 58.8 Å². The molecule has 2 aromatic heterocycles. The van der Waals surface area contributed by atoms with Crippen molar-refractivity contribution in [2.75, 3.05) is 6.54 Å². The average molecular weight is 571 g/mol. The number of alkyl halides is 2. The van der Waals surface area contributed by atoms with Gasteiger partial charge in [0.05, 0.1) is 18.1 Å². The minimum atomic E-state index is -3.01. The Bertz CT molecular complexity index is 1020. The van der Waals surface area contributed by atoms with Gasteiger partial charge >= 0.3 is 6.61 Å². The number of pyridine rings is 1. The summed E-state index contributed by atoms with van der Waals surface area (Å²) in [5, 5.41) is 14.7. The molecular weight excluding hydrogens is 552 g/mol. The lowest BCUT2D eigenvalue weighted by Crippen LogP contribution is -2.37. The Balaban J connectivity index is 0.00000320. The summed E-state index contributed by atoms with van der Waals surface area (Å²) in [5.74, 6) is 1.01. The Labute approximate surface area is 198 Å². The normalized spacial score (nSPS) is 11.5. The van der Waals surface area contributed by atoms with Gasteiger partial charge in [-0.25, -0.2) is 4.99 Å². The minimum absolute atomic E-state index is 0. The molecule has 2 heterocycles. The predicted octanol–water partition coefficient (Wildman–Crippen LogP) is 4.51. The monoisotopic (exact) mass is 570 g/mol. The molecule has 7 nitrogen and oxygen atoms in total. The molecule has 0 aliphatic carbocycles. The van der Waals surface area contributed by atoms with Crippen LogP contribution in [0.3, 0.4) is 0 Å². The first-order valence-corrected chi connectivity index (χ1v) is 9.47. The van der Waals surface area contributed by atoms with Crippen LogP contribution in [0.5, 0.6) is 5.75 Å². The fourth-order valence-electron chi connectivity index (χ4n) is 2.63. The molecule has 30 heavy (non-hydrogen) atoms. The first-order chi connectivity index (χ1) is 14.0. The number of halogens is 5. The Kier molecular flexibility index (Phi) is 9.31. The van der Waals surface area contributed by atoms with E-state index in [2.05, 4.69) is 30.6 Å². The number of ether oxygens (including phenoxy) is 1. The third-order valence-electron chi connectivity index (χ3n) is 3.84.